The molecular weight excluding hydrogens is 216 g/mol. The quantitative estimate of drug-likeness (QED) is 0.802. The van der Waals surface area contributed by atoms with Gasteiger partial charge in [-0.2, -0.15) is 0 Å². The third kappa shape index (κ3) is 1.47. The van der Waals surface area contributed by atoms with Gasteiger partial charge in [-0.3, -0.25) is 9.88 Å². The molecule has 1 aromatic heterocycles. The number of aromatic nitrogens is 1. The van der Waals surface area contributed by atoms with Gasteiger partial charge in [-0.15, -0.1) is 0 Å². The van der Waals surface area contributed by atoms with Gasteiger partial charge in [0.05, 0.1) is 11.3 Å². The molecule has 0 aliphatic carbocycles. The molecule has 3 rings (SSSR count). The van der Waals surface area contributed by atoms with Gasteiger partial charge in [0.25, 0.3) is 0 Å². The predicted molar refractivity (Wildman–Crippen MR) is 63.2 cm³/mol. The minimum atomic E-state index is -0.874. The number of aromatic carboxylic acids is 1. The van der Waals surface area contributed by atoms with E-state index in [1.807, 2.05) is 6.07 Å². The van der Waals surface area contributed by atoms with Crippen LogP contribution in [-0.2, 0) is 6.42 Å². The SMILES string of the molecule is Cc1nc2c(cc1C(=O)O)C1CCC(C2)N1C. The summed E-state index contributed by atoms with van der Waals surface area (Å²) >= 11 is 0. The second-order valence-corrected chi connectivity index (χ2v) is 5.08. The van der Waals surface area contributed by atoms with Crippen LogP contribution in [-0.4, -0.2) is 34.0 Å². The molecule has 90 valence electrons. The number of carbonyl (C=O) groups is 1. The molecule has 17 heavy (non-hydrogen) atoms. The predicted octanol–water partition coefficient (Wildman–Crippen LogP) is 1.78. The maximum atomic E-state index is 11.1. The maximum absolute atomic E-state index is 11.1. The fourth-order valence-corrected chi connectivity index (χ4v) is 3.20. The molecule has 1 N–H and O–H groups in total. The lowest BCUT2D eigenvalue weighted by molar-refractivity contribution is 0.0695. The number of carboxylic acid groups (broad SMARTS) is 1. The molecule has 2 bridgehead atoms. The van der Waals surface area contributed by atoms with Crippen LogP contribution in [0.15, 0.2) is 6.07 Å². The first-order valence-electron chi connectivity index (χ1n) is 6.03. The van der Waals surface area contributed by atoms with Gasteiger partial charge in [-0.05, 0) is 38.4 Å². The lowest BCUT2D eigenvalue weighted by Gasteiger charge is -2.32. The number of nitrogens with zero attached hydrogens (tertiary/aromatic N) is 2. The van der Waals surface area contributed by atoms with Crippen LogP contribution >= 0.6 is 0 Å². The summed E-state index contributed by atoms with van der Waals surface area (Å²) in [5.74, 6) is -0.874. The van der Waals surface area contributed by atoms with E-state index in [1.54, 1.807) is 6.92 Å². The van der Waals surface area contributed by atoms with Crippen molar-refractivity contribution >= 4 is 5.97 Å². The summed E-state index contributed by atoms with van der Waals surface area (Å²) in [6.45, 7) is 1.78. The van der Waals surface area contributed by atoms with Gasteiger partial charge in [-0.25, -0.2) is 4.79 Å². The Kier molecular flexibility index (Phi) is 2.23. The van der Waals surface area contributed by atoms with E-state index in [0.717, 1.165) is 24.1 Å². The highest BCUT2D eigenvalue weighted by atomic mass is 16.4. The normalized spacial score (nSPS) is 26.9. The van der Waals surface area contributed by atoms with Crippen molar-refractivity contribution in [1.82, 2.24) is 9.88 Å². The monoisotopic (exact) mass is 232 g/mol. The van der Waals surface area contributed by atoms with Crippen LogP contribution in [0.4, 0.5) is 0 Å². The fraction of sp³-hybridized carbons (Fsp3) is 0.538. The topological polar surface area (TPSA) is 53.4 Å². The number of carboxylic acids is 1. The summed E-state index contributed by atoms with van der Waals surface area (Å²) in [7, 11) is 2.13. The summed E-state index contributed by atoms with van der Waals surface area (Å²) in [6.07, 6.45) is 3.28. The van der Waals surface area contributed by atoms with Crippen molar-refractivity contribution in [3.05, 3.63) is 28.6 Å². The van der Waals surface area contributed by atoms with Gasteiger partial charge in [0.1, 0.15) is 0 Å². The largest absolute Gasteiger partial charge is 0.478 e. The average molecular weight is 232 g/mol. The highest BCUT2D eigenvalue weighted by Gasteiger charge is 2.38. The molecule has 2 unspecified atom stereocenters. The molecule has 3 heterocycles. The van der Waals surface area contributed by atoms with E-state index in [-0.39, 0.29) is 0 Å². The number of hydrogen-bond donors (Lipinski definition) is 1. The Labute approximate surface area is 100 Å². The molecule has 4 heteroatoms. The molecule has 1 fully saturated rings. The van der Waals surface area contributed by atoms with Crippen LogP contribution in [0.5, 0.6) is 0 Å². The maximum Gasteiger partial charge on any atom is 0.337 e. The second-order valence-electron chi connectivity index (χ2n) is 5.08. The standard InChI is InChI=1S/C13H16N2O2/c1-7-9(13(16)17)6-10-11(14-7)5-8-3-4-12(10)15(8)2/h6,8,12H,3-5H2,1-2H3,(H,16,17). The highest BCUT2D eigenvalue weighted by molar-refractivity contribution is 5.89. The van der Waals surface area contributed by atoms with Crippen molar-refractivity contribution in [3.63, 3.8) is 0 Å². The van der Waals surface area contributed by atoms with Crippen molar-refractivity contribution in [2.45, 2.75) is 38.3 Å². The van der Waals surface area contributed by atoms with E-state index < -0.39 is 5.97 Å². The van der Waals surface area contributed by atoms with Gasteiger partial charge in [0, 0.05) is 24.2 Å². The van der Waals surface area contributed by atoms with Crippen LogP contribution in [0.2, 0.25) is 0 Å². The lowest BCUT2D eigenvalue weighted by atomic mass is 9.96. The van der Waals surface area contributed by atoms with Gasteiger partial charge in [0.2, 0.25) is 0 Å². The first kappa shape index (κ1) is 10.7. The van der Waals surface area contributed by atoms with E-state index in [2.05, 4.69) is 16.9 Å². The van der Waals surface area contributed by atoms with Crippen molar-refractivity contribution in [2.75, 3.05) is 7.05 Å². The number of pyridine rings is 1. The first-order valence-corrected chi connectivity index (χ1v) is 6.03. The van der Waals surface area contributed by atoms with Gasteiger partial charge < -0.3 is 5.11 Å². The Hall–Kier alpha value is -1.42. The minimum absolute atomic E-state index is 0.350. The number of rotatable bonds is 1. The van der Waals surface area contributed by atoms with Crippen molar-refractivity contribution in [1.29, 1.82) is 0 Å². The molecule has 0 spiro atoms. The summed E-state index contributed by atoms with van der Waals surface area (Å²) in [5, 5.41) is 9.15. The molecule has 1 aromatic rings. The number of aryl methyl sites for hydroxylation is 1. The zero-order valence-electron chi connectivity index (χ0n) is 10.1. The average Bonchev–Trinajstić information content (AvgIpc) is 2.53. The smallest absolute Gasteiger partial charge is 0.337 e. The van der Waals surface area contributed by atoms with E-state index in [4.69, 9.17) is 5.11 Å². The molecule has 4 nitrogen and oxygen atoms in total. The first-order chi connectivity index (χ1) is 8.08. The summed E-state index contributed by atoms with van der Waals surface area (Å²) in [6, 6.07) is 2.80. The molecular formula is C13H16N2O2. The van der Waals surface area contributed by atoms with E-state index in [9.17, 15) is 4.79 Å². The summed E-state index contributed by atoms with van der Waals surface area (Å²) in [4.78, 5) is 18.0. The Morgan fingerprint density at radius 1 is 1.53 bits per heavy atom. The van der Waals surface area contributed by atoms with Crippen molar-refractivity contribution in [2.24, 2.45) is 0 Å². The molecule has 2 aliphatic heterocycles. The van der Waals surface area contributed by atoms with Crippen molar-refractivity contribution < 1.29 is 9.90 Å². The van der Waals surface area contributed by atoms with E-state index >= 15 is 0 Å². The molecule has 2 atom stereocenters. The van der Waals surface area contributed by atoms with E-state index in [0.29, 0.717) is 23.3 Å². The van der Waals surface area contributed by atoms with Crippen LogP contribution in [0.3, 0.4) is 0 Å². The van der Waals surface area contributed by atoms with Gasteiger partial charge >= 0.3 is 5.97 Å². The van der Waals surface area contributed by atoms with Crippen LogP contribution in [0.25, 0.3) is 0 Å². The minimum Gasteiger partial charge on any atom is -0.478 e. The molecule has 0 saturated carbocycles. The Morgan fingerprint density at radius 2 is 2.29 bits per heavy atom. The zero-order valence-corrected chi connectivity index (χ0v) is 10.1. The number of fused-ring (bicyclic) bond motifs is 4. The zero-order chi connectivity index (χ0) is 12.2. The second kappa shape index (κ2) is 3.53. The number of hydrogen-bond acceptors (Lipinski definition) is 3. The van der Waals surface area contributed by atoms with Gasteiger partial charge in [-0.1, -0.05) is 0 Å². The van der Waals surface area contributed by atoms with Crippen molar-refractivity contribution in [3.8, 4) is 0 Å². The Morgan fingerprint density at radius 3 is 3.00 bits per heavy atom. The van der Waals surface area contributed by atoms with Gasteiger partial charge in [0.15, 0.2) is 0 Å². The van der Waals surface area contributed by atoms with E-state index in [1.165, 1.54) is 6.42 Å². The summed E-state index contributed by atoms with van der Waals surface area (Å²) in [5.41, 5.74) is 3.23. The van der Waals surface area contributed by atoms with Crippen LogP contribution in [0.1, 0.15) is 46.2 Å². The third-order valence-electron chi connectivity index (χ3n) is 4.18. The summed E-state index contributed by atoms with van der Waals surface area (Å²) < 4.78 is 0. The Balaban J connectivity index is 2.14. The molecule has 0 amide bonds. The molecule has 1 saturated heterocycles. The highest BCUT2D eigenvalue weighted by Crippen LogP contribution is 2.42. The molecule has 0 radical (unpaired) electrons. The molecule has 0 aromatic carbocycles. The third-order valence-corrected chi connectivity index (χ3v) is 4.18. The Bertz CT molecular complexity index is 498. The lowest BCUT2D eigenvalue weighted by Crippen LogP contribution is -2.35. The number of likely N-dealkylation sites (N-methyl/N-ethyl adjacent to an activating group) is 1. The molecule has 2 aliphatic rings. The van der Waals surface area contributed by atoms with Crippen LogP contribution < -0.4 is 0 Å². The fourth-order valence-electron chi connectivity index (χ4n) is 3.20. The van der Waals surface area contributed by atoms with Crippen LogP contribution in [0, 0.1) is 6.92 Å².